The third kappa shape index (κ3) is 10.3. The smallest absolute Gasteiger partial charge is 0.0837 e. The fraction of sp³-hybridized carbons (Fsp3) is 1.00. The maximum atomic E-state index is 6.38. The molecule has 3 aliphatic rings. The first kappa shape index (κ1) is 28.3. The monoisotopic (exact) mass is 486 g/mol. The van der Waals surface area contributed by atoms with Crippen molar-refractivity contribution in [1.29, 1.82) is 0 Å². The van der Waals surface area contributed by atoms with Crippen LogP contribution in [0.4, 0.5) is 0 Å². The van der Waals surface area contributed by atoms with E-state index in [1.807, 2.05) is 0 Å². The van der Waals surface area contributed by atoms with Crippen LogP contribution < -0.4 is 0 Å². The summed E-state index contributed by atoms with van der Waals surface area (Å²) in [5.41, 5.74) is 0. The Balaban J connectivity index is 1.60. The van der Waals surface area contributed by atoms with Gasteiger partial charge >= 0.3 is 0 Å². The van der Waals surface area contributed by atoms with E-state index in [0.717, 1.165) is 105 Å². The van der Waals surface area contributed by atoms with Gasteiger partial charge in [-0.3, -0.25) is 9.80 Å². The molecule has 1 heterocycles. The molecule has 34 heavy (non-hydrogen) atoms. The number of rotatable bonds is 6. The highest BCUT2D eigenvalue weighted by Gasteiger charge is 2.28. The van der Waals surface area contributed by atoms with Gasteiger partial charge in [-0.1, -0.05) is 25.7 Å². The minimum atomic E-state index is 0.201. The van der Waals surface area contributed by atoms with Crippen molar-refractivity contribution in [3.63, 3.8) is 0 Å². The molecular weight excluding hydrogens is 436 g/mol. The second-order valence-electron chi connectivity index (χ2n) is 9.87. The van der Waals surface area contributed by atoms with Gasteiger partial charge in [0.25, 0.3) is 0 Å². The fourth-order valence-electron chi connectivity index (χ4n) is 5.33. The van der Waals surface area contributed by atoms with E-state index in [-0.39, 0.29) is 24.4 Å². The van der Waals surface area contributed by atoms with Crippen LogP contribution in [0.5, 0.6) is 0 Å². The van der Waals surface area contributed by atoms with Crippen molar-refractivity contribution < 1.29 is 28.4 Å². The molecule has 3 fully saturated rings. The van der Waals surface area contributed by atoms with Gasteiger partial charge in [-0.25, -0.2) is 0 Å². The lowest BCUT2D eigenvalue weighted by Crippen LogP contribution is -2.42. The van der Waals surface area contributed by atoms with Crippen LogP contribution in [0.25, 0.3) is 0 Å². The Morgan fingerprint density at radius 1 is 0.529 bits per heavy atom. The normalized spacial score (nSPS) is 32.3. The molecule has 200 valence electrons. The minimum Gasteiger partial charge on any atom is -0.383 e. The number of methoxy groups -OCH3 is 2. The molecule has 0 spiro atoms. The predicted molar refractivity (Wildman–Crippen MR) is 133 cm³/mol. The average Bonchev–Trinajstić information content (AvgIpc) is 2.86. The number of nitrogens with zero attached hydrogens (tertiary/aromatic N) is 2. The first-order valence-electron chi connectivity index (χ1n) is 13.7. The fourth-order valence-corrected chi connectivity index (χ4v) is 5.33. The van der Waals surface area contributed by atoms with Gasteiger partial charge in [0.15, 0.2) is 0 Å². The molecule has 2 saturated carbocycles. The molecule has 0 aromatic carbocycles. The van der Waals surface area contributed by atoms with Crippen LogP contribution in [-0.2, 0) is 28.4 Å². The number of fused-ring (bicyclic) bond motifs is 2. The second kappa shape index (κ2) is 17.2. The van der Waals surface area contributed by atoms with E-state index in [0.29, 0.717) is 0 Å². The lowest BCUT2D eigenvalue weighted by Gasteiger charge is -2.34. The summed E-state index contributed by atoms with van der Waals surface area (Å²) in [5.74, 6) is 0. The van der Waals surface area contributed by atoms with Crippen molar-refractivity contribution in [2.24, 2.45) is 0 Å². The molecule has 2 aliphatic carbocycles. The number of hydrogen-bond acceptors (Lipinski definition) is 8. The van der Waals surface area contributed by atoms with Crippen LogP contribution in [-0.4, -0.2) is 127 Å². The summed E-state index contributed by atoms with van der Waals surface area (Å²) in [6.45, 7) is 9.73. The molecule has 4 atom stereocenters. The Kier molecular flexibility index (Phi) is 14.3. The van der Waals surface area contributed by atoms with Crippen molar-refractivity contribution in [2.45, 2.75) is 75.8 Å². The second-order valence-corrected chi connectivity index (χ2v) is 9.87. The van der Waals surface area contributed by atoms with Crippen LogP contribution in [0.1, 0.15) is 51.4 Å². The molecule has 0 bridgehead atoms. The highest BCUT2D eigenvalue weighted by atomic mass is 16.5. The van der Waals surface area contributed by atoms with Crippen LogP contribution in [0.15, 0.2) is 0 Å². The van der Waals surface area contributed by atoms with Gasteiger partial charge in [0.1, 0.15) is 0 Å². The first-order valence-corrected chi connectivity index (χ1v) is 13.7. The molecule has 2 unspecified atom stereocenters. The molecule has 0 aromatic rings. The third-order valence-electron chi connectivity index (χ3n) is 7.46. The first-order chi connectivity index (χ1) is 16.8. The van der Waals surface area contributed by atoms with Crippen molar-refractivity contribution >= 4 is 0 Å². The summed E-state index contributed by atoms with van der Waals surface area (Å²) >= 11 is 0. The molecule has 1 aliphatic heterocycles. The van der Waals surface area contributed by atoms with E-state index in [9.17, 15) is 0 Å². The number of hydrogen-bond donors (Lipinski definition) is 0. The van der Waals surface area contributed by atoms with Gasteiger partial charge in [-0.05, 0) is 25.7 Å². The zero-order chi connectivity index (χ0) is 23.8. The molecule has 8 nitrogen and oxygen atoms in total. The lowest BCUT2D eigenvalue weighted by atomic mass is 9.94. The zero-order valence-corrected chi connectivity index (χ0v) is 21.8. The van der Waals surface area contributed by atoms with Gasteiger partial charge in [0.05, 0.1) is 64.1 Å². The van der Waals surface area contributed by atoms with Crippen LogP contribution in [0.3, 0.4) is 0 Å². The molecule has 0 radical (unpaired) electrons. The highest BCUT2D eigenvalue weighted by Crippen LogP contribution is 2.25. The maximum absolute atomic E-state index is 6.38. The van der Waals surface area contributed by atoms with Gasteiger partial charge in [0, 0.05) is 53.5 Å². The van der Waals surface area contributed by atoms with E-state index < -0.39 is 0 Å². The summed E-state index contributed by atoms with van der Waals surface area (Å²) in [6, 6.07) is 0. The Bertz CT molecular complexity index is 434. The summed E-state index contributed by atoms with van der Waals surface area (Å²) in [7, 11) is 3.53. The maximum Gasteiger partial charge on any atom is 0.0837 e. The van der Waals surface area contributed by atoms with Gasteiger partial charge in [0.2, 0.25) is 0 Å². The van der Waals surface area contributed by atoms with Crippen molar-refractivity contribution in [3.8, 4) is 0 Å². The largest absolute Gasteiger partial charge is 0.383 e. The number of ether oxygens (including phenoxy) is 6. The minimum absolute atomic E-state index is 0.201. The topological polar surface area (TPSA) is 61.9 Å². The van der Waals surface area contributed by atoms with E-state index in [1.54, 1.807) is 14.2 Å². The van der Waals surface area contributed by atoms with Crippen molar-refractivity contribution in [1.82, 2.24) is 9.80 Å². The molecule has 1 saturated heterocycles. The quantitative estimate of drug-likeness (QED) is 0.568. The van der Waals surface area contributed by atoms with Crippen LogP contribution >= 0.6 is 0 Å². The summed E-state index contributed by atoms with van der Waals surface area (Å²) in [5, 5.41) is 0. The van der Waals surface area contributed by atoms with Crippen LogP contribution in [0.2, 0.25) is 0 Å². The molecular formula is C26H50N2O6. The predicted octanol–water partition coefficient (Wildman–Crippen LogP) is 2.59. The average molecular weight is 487 g/mol. The van der Waals surface area contributed by atoms with Gasteiger partial charge in [-0.15, -0.1) is 0 Å². The molecule has 0 aromatic heterocycles. The highest BCUT2D eigenvalue weighted by molar-refractivity contribution is 4.79. The Labute approximate surface area is 207 Å². The van der Waals surface area contributed by atoms with E-state index in [4.69, 9.17) is 28.4 Å². The van der Waals surface area contributed by atoms with Crippen molar-refractivity contribution in [3.05, 3.63) is 0 Å². The van der Waals surface area contributed by atoms with Crippen LogP contribution in [0, 0.1) is 0 Å². The zero-order valence-electron chi connectivity index (χ0n) is 21.8. The summed E-state index contributed by atoms with van der Waals surface area (Å²) in [4.78, 5) is 4.80. The molecule has 0 amide bonds. The molecule has 0 N–H and O–H groups in total. The Morgan fingerprint density at radius 2 is 0.824 bits per heavy atom. The van der Waals surface area contributed by atoms with Crippen molar-refractivity contribution in [2.75, 3.05) is 93.1 Å². The SMILES string of the molecule is COCCN1CCOC2CCCCC2OCCN(CCOC)CCO[C@H]2CCCC[C@@H]2OCC1. The Hall–Kier alpha value is -0.320. The van der Waals surface area contributed by atoms with Gasteiger partial charge < -0.3 is 28.4 Å². The standard InChI is InChI=1S/C26H50N2O6/c1-29-17-11-27-13-19-31-23-7-3-5-9-25(23)33-21-15-28(12-18-30-2)16-22-34-26-10-6-4-8-24(26)32-20-14-27/h23-26H,3-22H2,1-2H3/t23-,24?,25-,26?/m0/s1. The third-order valence-corrected chi connectivity index (χ3v) is 7.46. The van der Waals surface area contributed by atoms with E-state index >= 15 is 0 Å². The molecule has 3 rings (SSSR count). The van der Waals surface area contributed by atoms with E-state index in [2.05, 4.69) is 9.80 Å². The lowest BCUT2D eigenvalue weighted by molar-refractivity contribution is -0.111. The Morgan fingerprint density at radius 3 is 1.09 bits per heavy atom. The summed E-state index contributed by atoms with van der Waals surface area (Å²) < 4.78 is 36.2. The van der Waals surface area contributed by atoms with Gasteiger partial charge in [-0.2, -0.15) is 0 Å². The molecule has 8 heteroatoms. The van der Waals surface area contributed by atoms with E-state index in [1.165, 1.54) is 25.7 Å². The summed E-state index contributed by atoms with van der Waals surface area (Å²) in [6.07, 6.45) is 10.1.